The maximum atomic E-state index is 14.9. The molecular formula is C24H30F2N10O. The predicted octanol–water partition coefficient (Wildman–Crippen LogP) is 2.93. The van der Waals surface area contributed by atoms with Crippen LogP contribution < -0.4 is 10.6 Å². The van der Waals surface area contributed by atoms with Gasteiger partial charge in [0.15, 0.2) is 11.5 Å². The maximum absolute atomic E-state index is 14.9. The molecular weight excluding hydrogens is 482 g/mol. The van der Waals surface area contributed by atoms with Crippen molar-refractivity contribution in [2.75, 3.05) is 50.5 Å². The second-order valence-electron chi connectivity index (χ2n) is 10.0. The zero-order valence-corrected chi connectivity index (χ0v) is 21.0. The number of rotatable bonds is 7. The number of ether oxygens (including phenoxy) is 1. The molecule has 0 radical (unpaired) electrons. The quantitative estimate of drug-likeness (QED) is 0.386. The molecule has 2 saturated heterocycles. The summed E-state index contributed by atoms with van der Waals surface area (Å²) in [6, 6.07) is 5.94. The van der Waals surface area contributed by atoms with Crippen molar-refractivity contribution in [3.63, 3.8) is 0 Å². The van der Waals surface area contributed by atoms with E-state index >= 15 is 0 Å². The van der Waals surface area contributed by atoms with Gasteiger partial charge in [0, 0.05) is 31.3 Å². The van der Waals surface area contributed by atoms with Crippen LogP contribution in [0.5, 0.6) is 0 Å². The molecule has 1 unspecified atom stereocenters. The van der Waals surface area contributed by atoms with Gasteiger partial charge in [-0.3, -0.25) is 4.90 Å². The van der Waals surface area contributed by atoms with Gasteiger partial charge in [-0.25, -0.2) is 23.0 Å². The topological polar surface area (TPSA) is 110 Å². The second-order valence-corrected chi connectivity index (χ2v) is 10.0. The Morgan fingerprint density at radius 2 is 2.03 bits per heavy atom. The number of hydrogen-bond acceptors (Lipinski definition) is 9. The highest BCUT2D eigenvalue weighted by Gasteiger charge is 2.46. The third-order valence-electron chi connectivity index (χ3n) is 7.25. The van der Waals surface area contributed by atoms with Crippen LogP contribution in [0.1, 0.15) is 26.3 Å². The van der Waals surface area contributed by atoms with Crippen molar-refractivity contribution in [3.05, 3.63) is 24.4 Å². The molecule has 6 rings (SSSR count). The molecule has 37 heavy (non-hydrogen) atoms. The van der Waals surface area contributed by atoms with Gasteiger partial charge in [-0.1, -0.05) is 5.21 Å². The zero-order valence-electron chi connectivity index (χ0n) is 21.0. The van der Waals surface area contributed by atoms with Crippen LogP contribution in [0.4, 0.5) is 20.5 Å². The van der Waals surface area contributed by atoms with E-state index in [0.29, 0.717) is 37.6 Å². The fraction of sp³-hybridized carbons (Fsp3) is 0.542. The number of nitrogens with one attached hydrogen (secondary N) is 2. The Labute approximate surface area is 212 Å². The number of fused-ring (bicyclic) bond motifs is 2. The van der Waals surface area contributed by atoms with Crippen LogP contribution in [0, 0.1) is 5.92 Å². The van der Waals surface area contributed by atoms with Gasteiger partial charge in [0.1, 0.15) is 11.0 Å². The summed E-state index contributed by atoms with van der Waals surface area (Å²) in [5.74, 6) is -2.73. The van der Waals surface area contributed by atoms with Crippen LogP contribution in [-0.2, 0) is 4.74 Å². The van der Waals surface area contributed by atoms with E-state index in [0.717, 1.165) is 22.3 Å². The summed E-state index contributed by atoms with van der Waals surface area (Å²) in [6.45, 7) is 5.63. The average molecular weight is 513 g/mol. The smallest absolute Gasteiger partial charge is 0.265 e. The van der Waals surface area contributed by atoms with Crippen molar-refractivity contribution < 1.29 is 13.5 Å². The summed E-state index contributed by atoms with van der Waals surface area (Å²) < 4.78 is 38.4. The number of likely N-dealkylation sites (tertiary alicyclic amines) is 1. The number of aromatic nitrogens is 7. The van der Waals surface area contributed by atoms with Crippen molar-refractivity contribution in [1.82, 2.24) is 39.5 Å². The molecule has 13 heteroatoms. The minimum atomic E-state index is -2.79. The zero-order chi connectivity index (χ0) is 25.7. The van der Waals surface area contributed by atoms with Gasteiger partial charge in [0.25, 0.3) is 5.92 Å². The number of pyridine rings is 1. The van der Waals surface area contributed by atoms with Gasteiger partial charge in [-0.2, -0.15) is 4.98 Å². The Hall–Kier alpha value is -3.45. The van der Waals surface area contributed by atoms with Gasteiger partial charge >= 0.3 is 0 Å². The largest absolute Gasteiger partial charge is 0.378 e. The highest BCUT2D eigenvalue weighted by molar-refractivity contribution is 5.89. The third-order valence-corrected chi connectivity index (χ3v) is 7.25. The standard InChI is InChI=1S/C24H30F2N10O/c1-14(2)36-22-19(31-33-36)5-4-18(29-22)17-7-9-35-20(17)21(27-3)30-23(32-35)28-10-15-6-8-34(13-24(15,25)26)16-11-37-12-16/h4-5,7,9,14-16H,6,8,10-13H2,1-3H3,(H2,27,28,30,32). The number of piperidine rings is 1. The first kappa shape index (κ1) is 23.9. The predicted molar refractivity (Wildman–Crippen MR) is 135 cm³/mol. The molecule has 2 fully saturated rings. The minimum Gasteiger partial charge on any atom is -0.378 e. The van der Waals surface area contributed by atoms with Crippen LogP contribution in [0.15, 0.2) is 24.4 Å². The van der Waals surface area contributed by atoms with E-state index in [4.69, 9.17) is 9.72 Å². The Balaban J connectivity index is 1.24. The molecule has 4 aromatic rings. The number of halogens is 2. The Kier molecular flexibility index (Phi) is 5.91. The van der Waals surface area contributed by atoms with Gasteiger partial charge in [-0.05, 0) is 45.0 Å². The molecule has 11 nitrogen and oxygen atoms in total. The molecule has 0 bridgehead atoms. The summed E-state index contributed by atoms with van der Waals surface area (Å²) >= 11 is 0. The fourth-order valence-corrected chi connectivity index (χ4v) is 5.03. The molecule has 6 heterocycles. The first-order valence-electron chi connectivity index (χ1n) is 12.6. The monoisotopic (exact) mass is 512 g/mol. The van der Waals surface area contributed by atoms with Crippen LogP contribution in [0.25, 0.3) is 27.9 Å². The summed E-state index contributed by atoms with van der Waals surface area (Å²) in [6.07, 6.45) is 2.22. The summed E-state index contributed by atoms with van der Waals surface area (Å²) in [5, 5.41) is 19.1. The van der Waals surface area contributed by atoms with Gasteiger partial charge in [0.05, 0.1) is 37.5 Å². The van der Waals surface area contributed by atoms with Crippen LogP contribution in [0.2, 0.25) is 0 Å². The highest BCUT2D eigenvalue weighted by atomic mass is 19.3. The van der Waals surface area contributed by atoms with Gasteiger partial charge < -0.3 is 15.4 Å². The molecule has 2 aliphatic heterocycles. The molecule has 0 saturated carbocycles. The van der Waals surface area contributed by atoms with Crippen LogP contribution in [0.3, 0.4) is 0 Å². The third kappa shape index (κ3) is 4.25. The molecule has 2 aliphatic rings. The highest BCUT2D eigenvalue weighted by Crippen LogP contribution is 2.35. The molecule has 196 valence electrons. The lowest BCUT2D eigenvalue weighted by Crippen LogP contribution is -2.58. The lowest BCUT2D eigenvalue weighted by molar-refractivity contribution is -0.149. The molecule has 2 N–H and O–H groups in total. The Morgan fingerprint density at radius 1 is 1.19 bits per heavy atom. The lowest BCUT2D eigenvalue weighted by Gasteiger charge is -2.44. The van der Waals surface area contributed by atoms with E-state index in [1.54, 1.807) is 16.2 Å². The SMILES string of the molecule is CNc1nc(NCC2CCN(C3COC3)CC2(F)F)nn2ccc(-c3ccc4nnn(C(C)C)c4n3)c12. The van der Waals surface area contributed by atoms with E-state index in [-0.39, 0.29) is 31.1 Å². The van der Waals surface area contributed by atoms with Crippen molar-refractivity contribution in [2.45, 2.75) is 38.3 Å². The summed E-state index contributed by atoms with van der Waals surface area (Å²) in [4.78, 5) is 11.3. The van der Waals surface area contributed by atoms with E-state index < -0.39 is 11.8 Å². The Morgan fingerprint density at radius 3 is 2.73 bits per heavy atom. The fourth-order valence-electron chi connectivity index (χ4n) is 5.03. The Bertz CT molecular complexity index is 1430. The van der Waals surface area contributed by atoms with Crippen molar-refractivity contribution >= 4 is 28.4 Å². The van der Waals surface area contributed by atoms with Crippen LogP contribution >= 0.6 is 0 Å². The van der Waals surface area contributed by atoms with Gasteiger partial charge in [-0.15, -0.1) is 10.2 Å². The van der Waals surface area contributed by atoms with Gasteiger partial charge in [0.2, 0.25) is 5.95 Å². The molecule has 0 aliphatic carbocycles. The van der Waals surface area contributed by atoms with E-state index in [1.165, 1.54) is 0 Å². The normalized spacial score (nSPS) is 20.5. The van der Waals surface area contributed by atoms with Crippen molar-refractivity contribution in [2.24, 2.45) is 5.92 Å². The average Bonchev–Trinajstić information content (AvgIpc) is 3.45. The maximum Gasteiger partial charge on any atom is 0.265 e. The van der Waals surface area contributed by atoms with E-state index in [2.05, 4.69) is 31.0 Å². The second kappa shape index (κ2) is 9.14. The van der Waals surface area contributed by atoms with E-state index in [1.807, 2.05) is 43.1 Å². The molecule has 0 amide bonds. The first-order chi connectivity index (χ1) is 17.8. The molecule has 0 aromatic carbocycles. The van der Waals surface area contributed by atoms with E-state index in [9.17, 15) is 8.78 Å². The number of nitrogens with zero attached hydrogens (tertiary/aromatic N) is 8. The van der Waals surface area contributed by atoms with Crippen LogP contribution in [-0.4, -0.2) is 91.3 Å². The number of anilines is 2. The molecule has 0 spiro atoms. The molecule has 4 aromatic heterocycles. The van der Waals surface area contributed by atoms with Crippen molar-refractivity contribution in [3.8, 4) is 11.3 Å². The summed E-state index contributed by atoms with van der Waals surface area (Å²) in [7, 11) is 1.77. The number of hydrogen-bond donors (Lipinski definition) is 2. The summed E-state index contributed by atoms with van der Waals surface area (Å²) in [5.41, 5.74) is 3.75. The lowest BCUT2D eigenvalue weighted by atomic mass is 9.91. The van der Waals surface area contributed by atoms with Crippen molar-refractivity contribution in [1.29, 1.82) is 0 Å². The minimum absolute atomic E-state index is 0.0925. The first-order valence-corrected chi connectivity index (χ1v) is 12.6. The number of alkyl halides is 2. The molecule has 1 atom stereocenters.